The van der Waals surface area contributed by atoms with Gasteiger partial charge in [0.1, 0.15) is 0 Å². The van der Waals surface area contributed by atoms with Gasteiger partial charge >= 0.3 is 0 Å². The van der Waals surface area contributed by atoms with Gasteiger partial charge in [-0.2, -0.15) is 0 Å². The molecule has 0 aromatic carbocycles. The van der Waals surface area contributed by atoms with Gasteiger partial charge in [-0.25, -0.2) is 0 Å². The van der Waals surface area contributed by atoms with Crippen molar-refractivity contribution in [1.29, 1.82) is 0 Å². The van der Waals surface area contributed by atoms with Crippen LogP contribution in [0.15, 0.2) is 30.4 Å². The maximum atomic E-state index is 13.8. The molecule has 2 saturated heterocycles. The summed E-state index contributed by atoms with van der Waals surface area (Å²) in [5.41, 5.74) is 1.49. The maximum absolute atomic E-state index is 13.8. The molecule has 1 aromatic rings. The van der Waals surface area contributed by atoms with Crippen LogP contribution in [0.3, 0.4) is 0 Å². The SMILES string of the molecule is O=C(NCCN1CCCC1)C1=CN2C3CCCCC3OC3C(C4CCC(c5cnccn5)C4)CCC(C1=O)C32. The summed E-state index contributed by atoms with van der Waals surface area (Å²) >= 11 is 0. The number of amides is 1. The topological polar surface area (TPSA) is 87.7 Å². The van der Waals surface area contributed by atoms with E-state index < -0.39 is 0 Å². The molecule has 8 heteroatoms. The molecule has 6 aliphatic rings. The summed E-state index contributed by atoms with van der Waals surface area (Å²) in [7, 11) is 0. The summed E-state index contributed by atoms with van der Waals surface area (Å²) in [6.45, 7) is 3.69. The lowest BCUT2D eigenvalue weighted by atomic mass is 9.65. The van der Waals surface area contributed by atoms with Gasteiger partial charge < -0.3 is 19.9 Å². The molecule has 8 atom stereocenters. The van der Waals surface area contributed by atoms with Crippen molar-refractivity contribution in [1.82, 2.24) is 25.1 Å². The fourth-order valence-electron chi connectivity index (χ4n) is 8.93. The van der Waals surface area contributed by atoms with Crippen LogP contribution in [0.4, 0.5) is 0 Å². The van der Waals surface area contributed by atoms with Crippen molar-refractivity contribution in [2.75, 3.05) is 26.2 Å². The number of ether oxygens (including phenoxy) is 1. The van der Waals surface area contributed by atoms with E-state index in [1.807, 2.05) is 12.4 Å². The average molecular weight is 534 g/mol. The van der Waals surface area contributed by atoms with Crippen molar-refractivity contribution >= 4 is 11.7 Å². The summed E-state index contributed by atoms with van der Waals surface area (Å²) in [6, 6.07) is 0.338. The number of rotatable bonds is 6. The van der Waals surface area contributed by atoms with Crippen molar-refractivity contribution in [3.05, 3.63) is 36.1 Å². The van der Waals surface area contributed by atoms with E-state index in [2.05, 4.69) is 25.1 Å². The predicted molar refractivity (Wildman–Crippen MR) is 147 cm³/mol. The van der Waals surface area contributed by atoms with E-state index in [4.69, 9.17) is 4.74 Å². The average Bonchev–Trinajstić information content (AvgIpc) is 3.68. The molecular formula is C31H43N5O3. The minimum absolute atomic E-state index is 0.0418. The Hall–Kier alpha value is -2.32. The Labute approximate surface area is 232 Å². The molecule has 0 bridgehead atoms. The molecule has 39 heavy (non-hydrogen) atoms. The second-order valence-electron chi connectivity index (χ2n) is 12.9. The molecule has 1 N–H and O–H groups in total. The third-order valence-electron chi connectivity index (χ3n) is 10.8. The van der Waals surface area contributed by atoms with Crippen LogP contribution in [0.1, 0.15) is 82.2 Å². The molecule has 0 radical (unpaired) electrons. The standard InChI is InChI=1S/C31H43N5O3/c37-29-23-10-9-22(20-7-8-21(17-20)25-18-32-11-12-33-25)30-28(23)36(26-5-1-2-6-27(26)39-30)19-24(29)31(38)34-13-16-35-14-3-4-15-35/h11-12,18-23,26-28,30H,1-10,13-17H2,(H,34,38). The largest absolute Gasteiger partial charge is 0.370 e. The number of nitrogens with zero attached hydrogens (tertiary/aromatic N) is 4. The lowest BCUT2D eigenvalue weighted by Gasteiger charge is -2.59. The highest BCUT2D eigenvalue weighted by molar-refractivity contribution is 6.20. The third-order valence-corrected chi connectivity index (χ3v) is 10.8. The first-order valence-corrected chi connectivity index (χ1v) is 15.6. The van der Waals surface area contributed by atoms with Crippen LogP contribution in [0.5, 0.6) is 0 Å². The second-order valence-corrected chi connectivity index (χ2v) is 12.9. The summed E-state index contributed by atoms with van der Waals surface area (Å²) < 4.78 is 7.01. The molecule has 0 spiro atoms. The second kappa shape index (κ2) is 10.9. The molecule has 7 rings (SSSR count). The summed E-state index contributed by atoms with van der Waals surface area (Å²) in [4.78, 5) is 40.9. The van der Waals surface area contributed by atoms with Crippen LogP contribution in [0.25, 0.3) is 0 Å². The van der Waals surface area contributed by atoms with Crippen LogP contribution in [-0.4, -0.2) is 81.9 Å². The molecule has 1 amide bonds. The molecule has 1 aromatic heterocycles. The summed E-state index contributed by atoms with van der Waals surface area (Å²) in [5, 5.41) is 3.09. The number of ketones is 1. The molecule has 5 fully saturated rings. The number of carbonyl (C=O) groups is 2. The first-order valence-electron chi connectivity index (χ1n) is 15.6. The Morgan fingerprint density at radius 1 is 1.03 bits per heavy atom. The van der Waals surface area contributed by atoms with E-state index in [-0.39, 0.29) is 41.9 Å². The van der Waals surface area contributed by atoms with E-state index >= 15 is 0 Å². The van der Waals surface area contributed by atoms with E-state index in [1.54, 1.807) is 12.4 Å². The van der Waals surface area contributed by atoms with Gasteiger partial charge in [0.05, 0.1) is 35.6 Å². The Bertz CT molecular complexity index is 1090. The number of carbonyl (C=O) groups excluding carboxylic acids is 2. The van der Waals surface area contributed by atoms with Gasteiger partial charge in [-0.1, -0.05) is 12.8 Å². The van der Waals surface area contributed by atoms with E-state index in [0.29, 0.717) is 29.9 Å². The number of hydrogen-bond donors (Lipinski definition) is 1. The summed E-state index contributed by atoms with van der Waals surface area (Å²) in [5.74, 6) is 1.22. The van der Waals surface area contributed by atoms with Gasteiger partial charge in [0.25, 0.3) is 5.91 Å². The lowest BCUT2D eigenvalue weighted by molar-refractivity contribution is -0.202. The molecule has 3 saturated carbocycles. The highest BCUT2D eigenvalue weighted by atomic mass is 16.5. The predicted octanol–water partition coefficient (Wildman–Crippen LogP) is 3.45. The quantitative estimate of drug-likeness (QED) is 0.561. The number of aromatic nitrogens is 2. The fraction of sp³-hybridized carbons (Fsp3) is 0.742. The Morgan fingerprint density at radius 2 is 1.90 bits per heavy atom. The Balaban J connectivity index is 1.11. The Kier molecular flexibility index (Phi) is 7.18. The molecule has 3 aliphatic carbocycles. The zero-order valence-electron chi connectivity index (χ0n) is 23.0. The number of fused-ring (bicyclic) bond motifs is 2. The number of hydrogen-bond acceptors (Lipinski definition) is 7. The zero-order valence-corrected chi connectivity index (χ0v) is 23.0. The third kappa shape index (κ3) is 4.82. The van der Waals surface area contributed by atoms with E-state index in [9.17, 15) is 9.59 Å². The Morgan fingerprint density at radius 3 is 2.74 bits per heavy atom. The van der Waals surface area contributed by atoms with Crippen LogP contribution < -0.4 is 5.32 Å². The van der Waals surface area contributed by atoms with Gasteiger partial charge in [-0.3, -0.25) is 19.6 Å². The van der Waals surface area contributed by atoms with Crippen LogP contribution >= 0.6 is 0 Å². The number of morpholine rings is 1. The van der Waals surface area contributed by atoms with Crippen molar-refractivity contribution in [2.45, 2.75) is 101 Å². The van der Waals surface area contributed by atoms with E-state index in [0.717, 1.165) is 63.9 Å². The minimum Gasteiger partial charge on any atom is -0.370 e. The highest BCUT2D eigenvalue weighted by Crippen LogP contribution is 2.52. The van der Waals surface area contributed by atoms with Gasteiger partial charge in [0.2, 0.25) is 0 Å². The first kappa shape index (κ1) is 25.6. The highest BCUT2D eigenvalue weighted by Gasteiger charge is 2.57. The van der Waals surface area contributed by atoms with Crippen molar-refractivity contribution in [3.8, 4) is 0 Å². The smallest absolute Gasteiger partial charge is 0.256 e. The van der Waals surface area contributed by atoms with E-state index in [1.165, 1.54) is 32.1 Å². The van der Waals surface area contributed by atoms with Crippen molar-refractivity contribution in [3.63, 3.8) is 0 Å². The minimum atomic E-state index is -0.183. The number of Topliss-reactive ketones (excluding diaryl/α,β-unsaturated/α-hetero) is 1. The van der Waals surface area contributed by atoms with Gasteiger partial charge in [0.15, 0.2) is 5.78 Å². The van der Waals surface area contributed by atoms with Gasteiger partial charge in [0, 0.05) is 49.7 Å². The van der Waals surface area contributed by atoms with Crippen LogP contribution in [0, 0.1) is 17.8 Å². The lowest BCUT2D eigenvalue weighted by Crippen LogP contribution is -2.68. The maximum Gasteiger partial charge on any atom is 0.256 e. The molecule has 8 unspecified atom stereocenters. The van der Waals surface area contributed by atoms with Gasteiger partial charge in [-0.05, 0) is 82.7 Å². The summed E-state index contributed by atoms with van der Waals surface area (Å²) in [6.07, 6.45) is 20.1. The zero-order chi connectivity index (χ0) is 26.3. The first-order chi connectivity index (χ1) is 19.2. The normalized spacial score (nSPS) is 38.2. The van der Waals surface area contributed by atoms with Crippen molar-refractivity contribution < 1.29 is 14.3 Å². The van der Waals surface area contributed by atoms with Crippen LogP contribution in [-0.2, 0) is 14.3 Å². The van der Waals surface area contributed by atoms with Gasteiger partial charge in [-0.15, -0.1) is 0 Å². The molecule has 210 valence electrons. The molecule has 8 nitrogen and oxygen atoms in total. The van der Waals surface area contributed by atoms with Crippen molar-refractivity contribution in [2.24, 2.45) is 17.8 Å². The monoisotopic (exact) mass is 533 g/mol. The molecule has 3 aliphatic heterocycles. The number of likely N-dealkylation sites (tertiary alicyclic amines) is 1. The fourth-order valence-corrected chi connectivity index (χ4v) is 8.93. The molecular weight excluding hydrogens is 490 g/mol. The molecule has 4 heterocycles. The number of nitrogens with one attached hydrogen (secondary N) is 1. The van der Waals surface area contributed by atoms with Crippen LogP contribution in [0.2, 0.25) is 0 Å².